The molecule has 1 N–H and O–H groups in total. The Morgan fingerprint density at radius 2 is 1.82 bits per heavy atom. The van der Waals surface area contributed by atoms with E-state index in [0.717, 1.165) is 11.9 Å². The molecule has 3 aromatic carbocycles. The van der Waals surface area contributed by atoms with E-state index in [1.807, 2.05) is 12.1 Å². The second-order valence-electron chi connectivity index (χ2n) is 7.77. The summed E-state index contributed by atoms with van der Waals surface area (Å²) in [7, 11) is 3.04. The molecule has 1 atom stereocenters. The normalized spacial score (nSPS) is 11.9. The summed E-state index contributed by atoms with van der Waals surface area (Å²) >= 11 is 6.08. The molecule has 170 valence electrons. The van der Waals surface area contributed by atoms with E-state index in [-0.39, 0.29) is 5.91 Å². The Bertz CT molecular complexity index is 1320. The number of hydrogen-bond donors (Lipinski definition) is 1. The Morgan fingerprint density at radius 3 is 2.55 bits per heavy atom. The van der Waals surface area contributed by atoms with Gasteiger partial charge in [0.2, 0.25) is 5.89 Å². The van der Waals surface area contributed by atoms with Crippen LogP contribution < -0.4 is 14.8 Å². The van der Waals surface area contributed by atoms with Crippen molar-refractivity contribution >= 4 is 34.3 Å². The molecule has 7 heteroatoms. The second kappa shape index (κ2) is 9.55. The molecule has 33 heavy (non-hydrogen) atoms. The Balaban J connectivity index is 1.69. The van der Waals surface area contributed by atoms with Gasteiger partial charge in [0.15, 0.2) is 5.58 Å². The van der Waals surface area contributed by atoms with Gasteiger partial charge in [0.25, 0.3) is 5.91 Å². The van der Waals surface area contributed by atoms with Crippen molar-refractivity contribution in [1.29, 1.82) is 0 Å². The zero-order valence-electron chi connectivity index (χ0n) is 18.9. The highest BCUT2D eigenvalue weighted by Gasteiger charge is 2.17. The van der Waals surface area contributed by atoms with E-state index < -0.39 is 0 Å². The molecule has 1 amide bonds. The standard InChI is InChI=1S/C26H25ClN2O4/c1-5-15(2)16-6-10-24-21(12-16)29-26(33-24)17-7-9-23(32-4)20(13-17)28-25(30)19-14-18(27)8-11-22(19)31-3/h6-15H,5H2,1-4H3,(H,28,30)/t15-/m0/s1. The summed E-state index contributed by atoms with van der Waals surface area (Å²) < 4.78 is 16.7. The van der Waals surface area contributed by atoms with Crippen molar-refractivity contribution in [2.45, 2.75) is 26.2 Å². The van der Waals surface area contributed by atoms with Crippen LogP contribution in [0, 0.1) is 0 Å². The number of anilines is 1. The van der Waals surface area contributed by atoms with Crippen LogP contribution in [0.2, 0.25) is 5.02 Å². The molecular weight excluding hydrogens is 440 g/mol. The first-order chi connectivity index (χ1) is 15.9. The van der Waals surface area contributed by atoms with Crippen molar-refractivity contribution in [1.82, 2.24) is 4.98 Å². The number of oxazole rings is 1. The molecule has 0 saturated carbocycles. The van der Waals surface area contributed by atoms with Crippen molar-refractivity contribution in [2.75, 3.05) is 19.5 Å². The third-order valence-electron chi connectivity index (χ3n) is 5.69. The van der Waals surface area contributed by atoms with Gasteiger partial charge in [-0.25, -0.2) is 4.98 Å². The number of carbonyl (C=O) groups excluding carboxylic acids is 1. The van der Waals surface area contributed by atoms with E-state index in [4.69, 9.17) is 25.5 Å². The van der Waals surface area contributed by atoms with Crippen molar-refractivity contribution in [3.63, 3.8) is 0 Å². The van der Waals surface area contributed by atoms with Gasteiger partial charge in [-0.3, -0.25) is 4.79 Å². The van der Waals surface area contributed by atoms with E-state index in [1.54, 1.807) is 37.4 Å². The first-order valence-corrected chi connectivity index (χ1v) is 11.0. The molecule has 1 aromatic heterocycles. The predicted molar refractivity (Wildman–Crippen MR) is 131 cm³/mol. The van der Waals surface area contributed by atoms with Crippen molar-refractivity contribution in [3.05, 3.63) is 70.7 Å². The van der Waals surface area contributed by atoms with Gasteiger partial charge in [-0.05, 0) is 66.4 Å². The number of benzene rings is 3. The minimum absolute atomic E-state index is 0.317. The SMILES string of the molecule is CC[C@H](C)c1ccc2oc(-c3ccc(OC)c(NC(=O)c4cc(Cl)ccc4OC)c3)nc2c1. The van der Waals surface area contributed by atoms with Gasteiger partial charge in [-0.1, -0.05) is 31.5 Å². The molecule has 0 bridgehead atoms. The maximum Gasteiger partial charge on any atom is 0.259 e. The number of ether oxygens (including phenoxy) is 2. The van der Waals surface area contributed by atoms with Gasteiger partial charge in [-0.15, -0.1) is 0 Å². The van der Waals surface area contributed by atoms with Crippen LogP contribution in [-0.2, 0) is 0 Å². The molecule has 0 aliphatic rings. The van der Waals surface area contributed by atoms with Gasteiger partial charge in [0.05, 0.1) is 25.5 Å². The Morgan fingerprint density at radius 1 is 1.06 bits per heavy atom. The number of methoxy groups -OCH3 is 2. The number of nitrogens with zero attached hydrogens (tertiary/aromatic N) is 1. The smallest absolute Gasteiger partial charge is 0.259 e. The van der Waals surface area contributed by atoms with E-state index in [0.29, 0.717) is 50.7 Å². The second-order valence-corrected chi connectivity index (χ2v) is 8.21. The fourth-order valence-corrected chi connectivity index (χ4v) is 3.77. The summed E-state index contributed by atoms with van der Waals surface area (Å²) in [6, 6.07) is 16.3. The maximum atomic E-state index is 13.0. The molecule has 0 aliphatic heterocycles. The fourth-order valence-electron chi connectivity index (χ4n) is 3.60. The van der Waals surface area contributed by atoms with Crippen LogP contribution in [0.3, 0.4) is 0 Å². The highest BCUT2D eigenvalue weighted by atomic mass is 35.5. The van der Waals surface area contributed by atoms with E-state index in [9.17, 15) is 4.79 Å². The Kier molecular flexibility index (Phi) is 6.56. The summed E-state index contributed by atoms with van der Waals surface area (Å²) in [6.07, 6.45) is 1.05. The summed E-state index contributed by atoms with van der Waals surface area (Å²) in [5.74, 6) is 1.46. The molecule has 0 spiro atoms. The van der Waals surface area contributed by atoms with Gasteiger partial charge in [-0.2, -0.15) is 0 Å². The molecule has 0 aliphatic carbocycles. The van der Waals surface area contributed by atoms with Crippen LogP contribution in [0.1, 0.15) is 42.1 Å². The number of aromatic nitrogens is 1. The zero-order valence-corrected chi connectivity index (χ0v) is 19.7. The highest BCUT2D eigenvalue weighted by Crippen LogP contribution is 2.34. The molecule has 4 aromatic rings. The highest BCUT2D eigenvalue weighted by molar-refractivity contribution is 6.31. The van der Waals surface area contributed by atoms with Crippen LogP contribution in [0.5, 0.6) is 11.5 Å². The number of fused-ring (bicyclic) bond motifs is 1. The number of carbonyl (C=O) groups is 1. The Hall–Kier alpha value is -3.51. The van der Waals surface area contributed by atoms with Crippen LogP contribution >= 0.6 is 11.6 Å². The monoisotopic (exact) mass is 464 g/mol. The molecule has 4 rings (SSSR count). The minimum Gasteiger partial charge on any atom is -0.496 e. The van der Waals surface area contributed by atoms with Crippen molar-refractivity contribution in [3.8, 4) is 23.0 Å². The molecule has 6 nitrogen and oxygen atoms in total. The average molecular weight is 465 g/mol. The van der Waals surface area contributed by atoms with Crippen LogP contribution in [-0.4, -0.2) is 25.1 Å². The molecule has 0 radical (unpaired) electrons. The number of halogens is 1. The molecular formula is C26H25ClN2O4. The van der Waals surface area contributed by atoms with Gasteiger partial charge >= 0.3 is 0 Å². The van der Waals surface area contributed by atoms with Crippen LogP contribution in [0.25, 0.3) is 22.6 Å². The van der Waals surface area contributed by atoms with Crippen molar-refractivity contribution in [2.24, 2.45) is 0 Å². The predicted octanol–water partition coefficient (Wildman–Crippen LogP) is 6.93. The third-order valence-corrected chi connectivity index (χ3v) is 5.93. The van der Waals surface area contributed by atoms with Crippen LogP contribution in [0.4, 0.5) is 5.69 Å². The maximum absolute atomic E-state index is 13.0. The number of nitrogens with one attached hydrogen (secondary N) is 1. The van der Waals surface area contributed by atoms with E-state index in [2.05, 4.69) is 36.3 Å². The van der Waals surface area contributed by atoms with Crippen LogP contribution in [0.15, 0.2) is 59.0 Å². The third kappa shape index (κ3) is 4.66. The molecule has 1 heterocycles. The summed E-state index contributed by atoms with van der Waals surface area (Å²) in [6.45, 7) is 4.35. The fraction of sp³-hybridized carbons (Fsp3) is 0.231. The Labute approximate surface area is 197 Å². The zero-order chi connectivity index (χ0) is 23.5. The lowest BCUT2D eigenvalue weighted by Gasteiger charge is -2.13. The first kappa shape index (κ1) is 22.7. The summed E-state index contributed by atoms with van der Waals surface area (Å²) in [4.78, 5) is 17.7. The lowest BCUT2D eigenvalue weighted by molar-refractivity contribution is 0.102. The molecule has 0 fully saturated rings. The van der Waals surface area contributed by atoms with Gasteiger partial charge < -0.3 is 19.2 Å². The summed E-state index contributed by atoms with van der Waals surface area (Å²) in [5, 5.41) is 3.32. The lowest BCUT2D eigenvalue weighted by atomic mass is 9.98. The largest absolute Gasteiger partial charge is 0.496 e. The number of rotatable bonds is 7. The number of amides is 1. The van der Waals surface area contributed by atoms with Gasteiger partial charge in [0.1, 0.15) is 17.0 Å². The lowest BCUT2D eigenvalue weighted by Crippen LogP contribution is -2.14. The molecule has 0 saturated heterocycles. The topological polar surface area (TPSA) is 73.6 Å². The number of hydrogen-bond acceptors (Lipinski definition) is 5. The minimum atomic E-state index is -0.374. The summed E-state index contributed by atoms with van der Waals surface area (Å²) in [5.41, 5.74) is 4.24. The molecule has 0 unspecified atom stereocenters. The first-order valence-electron chi connectivity index (χ1n) is 10.7. The van der Waals surface area contributed by atoms with E-state index >= 15 is 0 Å². The van der Waals surface area contributed by atoms with E-state index in [1.165, 1.54) is 12.7 Å². The van der Waals surface area contributed by atoms with Crippen molar-refractivity contribution < 1.29 is 18.7 Å². The average Bonchev–Trinajstić information content (AvgIpc) is 3.27. The quantitative estimate of drug-likeness (QED) is 0.321. The van der Waals surface area contributed by atoms with Gasteiger partial charge in [0, 0.05) is 10.6 Å².